The van der Waals surface area contributed by atoms with E-state index in [9.17, 15) is 5.11 Å². The fourth-order valence-electron chi connectivity index (χ4n) is 1.77. The Bertz CT molecular complexity index is 488. The molecule has 0 radical (unpaired) electrons. The van der Waals surface area contributed by atoms with Crippen LogP contribution < -0.4 is 5.73 Å². The lowest BCUT2D eigenvalue weighted by Gasteiger charge is -2.07. The fraction of sp³-hybridized carbons (Fsp3) is 0.333. The van der Waals surface area contributed by atoms with E-state index in [1.165, 1.54) is 0 Å². The third kappa shape index (κ3) is 1.54. The smallest absolute Gasteiger partial charge is 0.140 e. The molecule has 0 saturated carbocycles. The Morgan fingerprint density at radius 1 is 1.40 bits per heavy atom. The summed E-state index contributed by atoms with van der Waals surface area (Å²) in [5.41, 5.74) is 8.09. The third-order valence-electron chi connectivity index (χ3n) is 2.82. The molecule has 3 nitrogen and oxygen atoms in total. The summed E-state index contributed by atoms with van der Waals surface area (Å²) >= 11 is 0. The summed E-state index contributed by atoms with van der Waals surface area (Å²) < 4.78 is 5.64. The Labute approximate surface area is 88.5 Å². The van der Waals surface area contributed by atoms with E-state index in [0.717, 1.165) is 27.9 Å². The Morgan fingerprint density at radius 3 is 2.80 bits per heavy atom. The summed E-state index contributed by atoms with van der Waals surface area (Å²) in [4.78, 5) is 0. The van der Waals surface area contributed by atoms with E-state index in [1.807, 2.05) is 32.0 Å². The molecule has 0 bridgehead atoms. The van der Waals surface area contributed by atoms with Gasteiger partial charge in [0.25, 0.3) is 0 Å². The van der Waals surface area contributed by atoms with Crippen LogP contribution in [0.2, 0.25) is 0 Å². The Kier molecular flexibility index (Phi) is 2.50. The number of hydrogen-bond donors (Lipinski definition) is 2. The van der Waals surface area contributed by atoms with Crippen molar-refractivity contribution in [1.82, 2.24) is 0 Å². The minimum Gasteiger partial charge on any atom is -0.461 e. The van der Waals surface area contributed by atoms with Gasteiger partial charge in [0.15, 0.2) is 0 Å². The van der Waals surface area contributed by atoms with Crippen molar-refractivity contribution in [2.24, 2.45) is 5.73 Å². The summed E-state index contributed by atoms with van der Waals surface area (Å²) in [6, 6.07) is 5.76. The van der Waals surface area contributed by atoms with Gasteiger partial charge in [-0.15, -0.1) is 0 Å². The first-order valence-corrected chi connectivity index (χ1v) is 5.02. The van der Waals surface area contributed by atoms with E-state index in [2.05, 4.69) is 0 Å². The van der Waals surface area contributed by atoms with Gasteiger partial charge in [0.2, 0.25) is 0 Å². The highest BCUT2D eigenvalue weighted by atomic mass is 16.3. The number of aryl methyl sites for hydroxylation is 2. The van der Waals surface area contributed by atoms with E-state index >= 15 is 0 Å². The predicted molar refractivity (Wildman–Crippen MR) is 59.7 cm³/mol. The lowest BCUT2D eigenvalue weighted by molar-refractivity contribution is 0.187. The Morgan fingerprint density at radius 2 is 2.13 bits per heavy atom. The van der Waals surface area contributed by atoms with Gasteiger partial charge in [-0.05, 0) is 19.4 Å². The highest BCUT2D eigenvalue weighted by molar-refractivity contribution is 5.85. The van der Waals surface area contributed by atoms with Crippen LogP contribution in [0.4, 0.5) is 0 Å². The molecule has 3 heteroatoms. The molecule has 15 heavy (non-hydrogen) atoms. The summed E-state index contributed by atoms with van der Waals surface area (Å²) in [6.45, 7) is 4.14. The zero-order valence-corrected chi connectivity index (χ0v) is 8.95. The first-order valence-electron chi connectivity index (χ1n) is 5.02. The number of fused-ring (bicyclic) bond motifs is 1. The normalized spacial score (nSPS) is 13.3. The van der Waals surface area contributed by atoms with E-state index < -0.39 is 6.10 Å². The summed E-state index contributed by atoms with van der Waals surface area (Å²) in [5.74, 6) is 0.890. The number of furan rings is 1. The molecule has 80 valence electrons. The number of hydrogen-bond acceptors (Lipinski definition) is 3. The third-order valence-corrected chi connectivity index (χ3v) is 2.82. The first-order chi connectivity index (χ1) is 7.15. The van der Waals surface area contributed by atoms with Gasteiger partial charge < -0.3 is 15.3 Å². The molecule has 0 amide bonds. The highest BCUT2D eigenvalue weighted by Crippen LogP contribution is 2.30. The average Bonchev–Trinajstić information content (AvgIpc) is 2.54. The molecule has 0 aliphatic rings. The monoisotopic (exact) mass is 205 g/mol. The Hall–Kier alpha value is -1.32. The standard InChI is InChI=1S/C12H15NO2/c1-7-8(2)15-12-9(7)4-3-5-10(12)11(14)6-13/h3-5,11,14H,6,13H2,1-2H3. The maximum Gasteiger partial charge on any atom is 0.140 e. The van der Waals surface area contributed by atoms with Crippen molar-refractivity contribution < 1.29 is 9.52 Å². The molecular formula is C12H15NO2. The summed E-state index contributed by atoms with van der Waals surface area (Å²) in [7, 11) is 0. The van der Waals surface area contributed by atoms with Gasteiger partial charge in [-0.25, -0.2) is 0 Å². The largest absolute Gasteiger partial charge is 0.461 e. The van der Waals surface area contributed by atoms with Crippen molar-refractivity contribution in [1.29, 1.82) is 0 Å². The minimum atomic E-state index is -0.654. The lowest BCUT2D eigenvalue weighted by Crippen LogP contribution is -2.11. The quantitative estimate of drug-likeness (QED) is 0.788. The second-order valence-electron chi connectivity index (χ2n) is 3.76. The van der Waals surface area contributed by atoms with Crippen LogP contribution in [-0.4, -0.2) is 11.7 Å². The van der Waals surface area contributed by atoms with Gasteiger partial charge in [0.1, 0.15) is 11.3 Å². The fourth-order valence-corrected chi connectivity index (χ4v) is 1.77. The SMILES string of the molecule is Cc1oc2c(C(O)CN)cccc2c1C. The van der Waals surface area contributed by atoms with Crippen molar-refractivity contribution in [2.75, 3.05) is 6.54 Å². The maximum atomic E-state index is 9.74. The number of para-hydroxylation sites is 1. The molecule has 1 aromatic heterocycles. The number of rotatable bonds is 2. The van der Waals surface area contributed by atoms with Crippen molar-refractivity contribution in [3.8, 4) is 0 Å². The van der Waals surface area contributed by atoms with Crippen LogP contribution in [0.1, 0.15) is 23.0 Å². The van der Waals surface area contributed by atoms with Crippen LogP contribution in [-0.2, 0) is 0 Å². The number of benzene rings is 1. The van der Waals surface area contributed by atoms with Crippen LogP contribution in [0.3, 0.4) is 0 Å². The first kappa shape index (κ1) is 10.2. The van der Waals surface area contributed by atoms with Gasteiger partial charge in [0, 0.05) is 17.5 Å². The molecule has 0 aliphatic heterocycles. The van der Waals surface area contributed by atoms with E-state index in [1.54, 1.807) is 0 Å². The van der Waals surface area contributed by atoms with Crippen molar-refractivity contribution >= 4 is 11.0 Å². The van der Waals surface area contributed by atoms with Crippen LogP contribution in [0, 0.1) is 13.8 Å². The van der Waals surface area contributed by atoms with E-state index in [4.69, 9.17) is 10.2 Å². The summed E-state index contributed by atoms with van der Waals surface area (Å²) in [6.07, 6.45) is -0.654. The second-order valence-corrected chi connectivity index (χ2v) is 3.76. The molecular weight excluding hydrogens is 190 g/mol. The van der Waals surface area contributed by atoms with Crippen molar-refractivity contribution in [3.05, 3.63) is 35.1 Å². The van der Waals surface area contributed by atoms with Crippen LogP contribution in [0.25, 0.3) is 11.0 Å². The molecule has 0 saturated heterocycles. The van der Waals surface area contributed by atoms with Crippen molar-refractivity contribution in [2.45, 2.75) is 20.0 Å². The van der Waals surface area contributed by atoms with Crippen molar-refractivity contribution in [3.63, 3.8) is 0 Å². The zero-order chi connectivity index (χ0) is 11.0. The van der Waals surface area contributed by atoms with Gasteiger partial charge in [-0.2, -0.15) is 0 Å². The molecule has 0 aliphatic carbocycles. The molecule has 1 aromatic carbocycles. The van der Waals surface area contributed by atoms with Crippen LogP contribution in [0.5, 0.6) is 0 Å². The number of nitrogens with two attached hydrogens (primary N) is 1. The van der Waals surface area contributed by atoms with Gasteiger partial charge in [-0.3, -0.25) is 0 Å². The molecule has 2 aromatic rings. The number of aliphatic hydroxyl groups is 1. The second kappa shape index (κ2) is 3.68. The molecule has 2 rings (SSSR count). The average molecular weight is 205 g/mol. The highest BCUT2D eigenvalue weighted by Gasteiger charge is 2.14. The molecule has 1 unspecified atom stereocenters. The molecule has 3 N–H and O–H groups in total. The minimum absolute atomic E-state index is 0.206. The van der Waals surface area contributed by atoms with Gasteiger partial charge in [0.05, 0.1) is 6.10 Å². The van der Waals surface area contributed by atoms with Crippen LogP contribution in [0.15, 0.2) is 22.6 Å². The van der Waals surface area contributed by atoms with Gasteiger partial charge in [-0.1, -0.05) is 18.2 Å². The predicted octanol–water partition coefficient (Wildman–Crippen LogP) is 2.04. The van der Waals surface area contributed by atoms with Crippen LogP contribution >= 0.6 is 0 Å². The van der Waals surface area contributed by atoms with E-state index in [0.29, 0.717) is 0 Å². The maximum absolute atomic E-state index is 9.74. The molecule has 1 heterocycles. The van der Waals surface area contributed by atoms with E-state index in [-0.39, 0.29) is 6.54 Å². The molecule has 0 fully saturated rings. The molecule has 1 atom stereocenters. The number of aliphatic hydroxyl groups excluding tert-OH is 1. The van der Waals surface area contributed by atoms with Gasteiger partial charge >= 0.3 is 0 Å². The molecule has 0 spiro atoms. The topological polar surface area (TPSA) is 59.4 Å². The lowest BCUT2D eigenvalue weighted by atomic mass is 10.0. The Balaban J connectivity index is 2.71. The summed E-state index contributed by atoms with van der Waals surface area (Å²) in [5, 5.41) is 10.8. The zero-order valence-electron chi connectivity index (χ0n) is 8.95.